The fourth-order valence-corrected chi connectivity index (χ4v) is 1.53. The Balaban J connectivity index is 2.14. The SMILES string of the molecule is Cn1ccc(CNc2cccc(F)c2C#N)n1. The normalized spacial score (nSPS) is 9.94. The largest absolute Gasteiger partial charge is 0.378 e. The minimum Gasteiger partial charge on any atom is -0.378 e. The second-order valence-corrected chi connectivity index (χ2v) is 3.61. The molecule has 0 aliphatic heterocycles. The maximum atomic E-state index is 13.3. The van der Waals surface area contributed by atoms with E-state index in [0.717, 1.165) is 5.69 Å². The third-order valence-electron chi connectivity index (χ3n) is 2.35. The Kier molecular flexibility index (Phi) is 3.06. The van der Waals surface area contributed by atoms with Crippen LogP contribution in [-0.4, -0.2) is 9.78 Å². The van der Waals surface area contributed by atoms with Crippen molar-refractivity contribution in [3.63, 3.8) is 0 Å². The van der Waals surface area contributed by atoms with Crippen LogP contribution in [0.4, 0.5) is 10.1 Å². The van der Waals surface area contributed by atoms with Gasteiger partial charge in [-0.15, -0.1) is 0 Å². The van der Waals surface area contributed by atoms with E-state index in [-0.39, 0.29) is 5.56 Å². The average Bonchev–Trinajstić information content (AvgIpc) is 2.72. The molecule has 0 radical (unpaired) electrons. The molecule has 0 aliphatic rings. The van der Waals surface area contributed by atoms with Gasteiger partial charge < -0.3 is 5.32 Å². The van der Waals surface area contributed by atoms with Gasteiger partial charge in [0.2, 0.25) is 0 Å². The highest BCUT2D eigenvalue weighted by molar-refractivity contribution is 5.57. The van der Waals surface area contributed by atoms with Crippen molar-refractivity contribution in [1.82, 2.24) is 9.78 Å². The second-order valence-electron chi connectivity index (χ2n) is 3.61. The number of nitrogens with zero attached hydrogens (tertiary/aromatic N) is 3. The lowest BCUT2D eigenvalue weighted by Crippen LogP contribution is -2.03. The smallest absolute Gasteiger partial charge is 0.143 e. The number of halogens is 1. The van der Waals surface area contributed by atoms with E-state index in [1.54, 1.807) is 16.8 Å². The zero-order valence-electron chi connectivity index (χ0n) is 9.31. The van der Waals surface area contributed by atoms with Crippen LogP contribution in [0.1, 0.15) is 11.3 Å². The van der Waals surface area contributed by atoms with Crippen LogP contribution in [0.2, 0.25) is 0 Å². The van der Waals surface area contributed by atoms with Gasteiger partial charge in [-0.2, -0.15) is 10.4 Å². The fourth-order valence-electron chi connectivity index (χ4n) is 1.53. The highest BCUT2D eigenvalue weighted by Crippen LogP contribution is 2.18. The third-order valence-corrected chi connectivity index (χ3v) is 2.35. The van der Waals surface area contributed by atoms with Crippen molar-refractivity contribution in [3.8, 4) is 6.07 Å². The average molecular weight is 230 g/mol. The van der Waals surface area contributed by atoms with Gasteiger partial charge in [0, 0.05) is 13.2 Å². The molecule has 0 unspecified atom stereocenters. The molecule has 0 saturated heterocycles. The molecule has 5 heteroatoms. The molecule has 0 bridgehead atoms. The van der Waals surface area contributed by atoms with E-state index in [0.29, 0.717) is 12.2 Å². The molecule has 1 N–H and O–H groups in total. The first-order valence-corrected chi connectivity index (χ1v) is 5.11. The summed E-state index contributed by atoms with van der Waals surface area (Å²) in [4.78, 5) is 0. The molecule has 1 heterocycles. The number of rotatable bonds is 3. The van der Waals surface area contributed by atoms with Crippen LogP contribution in [-0.2, 0) is 13.6 Å². The van der Waals surface area contributed by atoms with Crippen molar-refractivity contribution >= 4 is 5.69 Å². The van der Waals surface area contributed by atoms with Gasteiger partial charge in [-0.05, 0) is 18.2 Å². The van der Waals surface area contributed by atoms with Crippen LogP contribution in [0.25, 0.3) is 0 Å². The molecule has 2 aromatic rings. The summed E-state index contributed by atoms with van der Waals surface area (Å²) in [6.45, 7) is 0.457. The van der Waals surface area contributed by atoms with Crippen molar-refractivity contribution < 1.29 is 4.39 Å². The summed E-state index contributed by atoms with van der Waals surface area (Å²) in [5.74, 6) is -0.515. The van der Waals surface area contributed by atoms with Gasteiger partial charge in [0.1, 0.15) is 17.4 Å². The lowest BCUT2D eigenvalue weighted by molar-refractivity contribution is 0.624. The van der Waals surface area contributed by atoms with E-state index in [9.17, 15) is 4.39 Å². The maximum absolute atomic E-state index is 13.3. The molecule has 1 aromatic heterocycles. The van der Waals surface area contributed by atoms with E-state index in [2.05, 4.69) is 10.4 Å². The lowest BCUT2D eigenvalue weighted by Gasteiger charge is -2.06. The molecule has 0 amide bonds. The van der Waals surface area contributed by atoms with Crippen LogP contribution < -0.4 is 5.32 Å². The zero-order chi connectivity index (χ0) is 12.3. The topological polar surface area (TPSA) is 53.6 Å². The minimum atomic E-state index is -0.515. The second kappa shape index (κ2) is 4.66. The van der Waals surface area contributed by atoms with Gasteiger partial charge in [-0.25, -0.2) is 4.39 Å². The maximum Gasteiger partial charge on any atom is 0.143 e. The zero-order valence-corrected chi connectivity index (χ0v) is 9.31. The van der Waals surface area contributed by atoms with Gasteiger partial charge in [0.05, 0.1) is 17.9 Å². The lowest BCUT2D eigenvalue weighted by atomic mass is 10.2. The van der Waals surface area contributed by atoms with E-state index >= 15 is 0 Å². The van der Waals surface area contributed by atoms with Crippen LogP contribution in [0.5, 0.6) is 0 Å². The van der Waals surface area contributed by atoms with E-state index in [4.69, 9.17) is 5.26 Å². The van der Waals surface area contributed by atoms with Crippen molar-refractivity contribution in [1.29, 1.82) is 5.26 Å². The van der Waals surface area contributed by atoms with Crippen LogP contribution in [0, 0.1) is 17.1 Å². The summed E-state index contributed by atoms with van der Waals surface area (Å²) in [5, 5.41) is 16.0. The number of hydrogen-bond acceptors (Lipinski definition) is 3. The first-order chi connectivity index (χ1) is 8.20. The Labute approximate surface area is 98.3 Å². The molecule has 0 atom stereocenters. The number of benzene rings is 1. The summed E-state index contributed by atoms with van der Waals surface area (Å²) in [5.41, 5.74) is 1.35. The standard InChI is InChI=1S/C12H11FN4/c1-17-6-5-9(16-17)8-15-12-4-2-3-11(13)10(12)7-14/h2-6,15H,8H2,1H3. The van der Waals surface area contributed by atoms with Gasteiger partial charge in [0.25, 0.3) is 0 Å². The van der Waals surface area contributed by atoms with Crippen molar-refractivity contribution in [2.24, 2.45) is 7.05 Å². The summed E-state index contributed by atoms with van der Waals surface area (Å²) in [6.07, 6.45) is 1.83. The fraction of sp³-hybridized carbons (Fsp3) is 0.167. The molecule has 0 aliphatic carbocycles. The summed E-state index contributed by atoms with van der Waals surface area (Å²) < 4.78 is 15.0. The van der Waals surface area contributed by atoms with Crippen molar-refractivity contribution in [3.05, 3.63) is 47.5 Å². The summed E-state index contributed by atoms with van der Waals surface area (Å²) in [6, 6.07) is 8.21. The highest BCUT2D eigenvalue weighted by Gasteiger charge is 2.07. The third kappa shape index (κ3) is 2.42. The number of nitrogens with one attached hydrogen (secondary N) is 1. The number of hydrogen-bond donors (Lipinski definition) is 1. The van der Waals surface area contributed by atoms with Crippen LogP contribution >= 0.6 is 0 Å². The minimum absolute atomic E-state index is 0.0310. The van der Waals surface area contributed by atoms with Crippen molar-refractivity contribution in [2.45, 2.75) is 6.54 Å². The van der Waals surface area contributed by atoms with Crippen LogP contribution in [0.3, 0.4) is 0 Å². The molecule has 2 rings (SSSR count). The van der Waals surface area contributed by atoms with E-state index in [1.165, 1.54) is 6.07 Å². The predicted octanol–water partition coefficient (Wildman–Crippen LogP) is 2.04. The molecule has 0 spiro atoms. The number of nitriles is 1. The molecule has 0 fully saturated rings. The Morgan fingerprint density at radius 2 is 2.29 bits per heavy atom. The van der Waals surface area contributed by atoms with E-state index in [1.807, 2.05) is 25.4 Å². The quantitative estimate of drug-likeness (QED) is 0.877. The Bertz CT molecular complexity index is 568. The Morgan fingerprint density at radius 3 is 2.94 bits per heavy atom. The van der Waals surface area contributed by atoms with Gasteiger partial charge >= 0.3 is 0 Å². The number of aryl methyl sites for hydroxylation is 1. The first-order valence-electron chi connectivity index (χ1n) is 5.11. The monoisotopic (exact) mass is 230 g/mol. The van der Waals surface area contributed by atoms with E-state index < -0.39 is 5.82 Å². The Morgan fingerprint density at radius 1 is 1.47 bits per heavy atom. The number of anilines is 1. The Hall–Kier alpha value is -2.35. The van der Waals surface area contributed by atoms with Gasteiger partial charge in [-0.1, -0.05) is 6.07 Å². The molecule has 0 saturated carbocycles. The van der Waals surface area contributed by atoms with Gasteiger partial charge in [-0.3, -0.25) is 4.68 Å². The molecule has 86 valence electrons. The molecule has 4 nitrogen and oxygen atoms in total. The molecular formula is C12H11FN4. The highest BCUT2D eigenvalue weighted by atomic mass is 19.1. The molecule has 1 aromatic carbocycles. The van der Waals surface area contributed by atoms with Crippen LogP contribution in [0.15, 0.2) is 30.5 Å². The molecular weight excluding hydrogens is 219 g/mol. The summed E-state index contributed by atoms with van der Waals surface area (Å²) >= 11 is 0. The first kappa shape index (κ1) is 11.1. The molecule has 17 heavy (non-hydrogen) atoms. The van der Waals surface area contributed by atoms with Crippen molar-refractivity contribution in [2.75, 3.05) is 5.32 Å². The summed E-state index contributed by atoms with van der Waals surface area (Å²) in [7, 11) is 1.83. The number of aromatic nitrogens is 2. The predicted molar refractivity (Wildman–Crippen MR) is 61.6 cm³/mol. The van der Waals surface area contributed by atoms with Gasteiger partial charge in [0.15, 0.2) is 0 Å².